The van der Waals surface area contributed by atoms with Gasteiger partial charge in [-0.05, 0) is 24.3 Å². The lowest BCUT2D eigenvalue weighted by atomic mass is 10.2. The second-order valence-corrected chi connectivity index (χ2v) is 5.38. The summed E-state index contributed by atoms with van der Waals surface area (Å²) in [7, 11) is 1.58. The largest absolute Gasteiger partial charge is 0.495 e. The quantitative estimate of drug-likeness (QED) is 0.726. The molecule has 0 spiro atoms. The minimum Gasteiger partial charge on any atom is -0.495 e. The first kappa shape index (κ1) is 15.9. The van der Waals surface area contributed by atoms with Crippen LogP contribution in [0.15, 0.2) is 71.1 Å². The van der Waals surface area contributed by atoms with Crippen LogP contribution in [0, 0.1) is 0 Å². The summed E-state index contributed by atoms with van der Waals surface area (Å²) in [4.78, 5) is 12.1. The molecule has 4 heteroatoms. The fraction of sp³-hybridized carbons (Fsp3) is 0.150. The molecule has 0 radical (unpaired) electrons. The molecule has 0 saturated carbocycles. The molecule has 0 aliphatic heterocycles. The van der Waals surface area contributed by atoms with Gasteiger partial charge in [0.25, 0.3) is 0 Å². The van der Waals surface area contributed by atoms with E-state index in [0.717, 1.165) is 17.1 Å². The van der Waals surface area contributed by atoms with E-state index in [9.17, 15) is 4.79 Å². The summed E-state index contributed by atoms with van der Waals surface area (Å²) >= 11 is 0. The van der Waals surface area contributed by atoms with Crippen molar-refractivity contribution < 1.29 is 13.9 Å². The van der Waals surface area contributed by atoms with Crippen molar-refractivity contribution in [1.82, 2.24) is 0 Å². The number of anilines is 1. The van der Waals surface area contributed by atoms with Crippen LogP contribution in [0.25, 0.3) is 11.3 Å². The van der Waals surface area contributed by atoms with Crippen molar-refractivity contribution in [2.45, 2.75) is 12.8 Å². The normalized spacial score (nSPS) is 10.4. The van der Waals surface area contributed by atoms with Crippen LogP contribution in [0.3, 0.4) is 0 Å². The number of carbonyl (C=O) groups excluding carboxylic acids is 1. The first-order valence-corrected chi connectivity index (χ1v) is 7.83. The maximum absolute atomic E-state index is 12.1. The summed E-state index contributed by atoms with van der Waals surface area (Å²) in [6.45, 7) is 0. The number of carbonyl (C=O) groups is 1. The van der Waals surface area contributed by atoms with Crippen molar-refractivity contribution in [3.05, 3.63) is 72.5 Å². The van der Waals surface area contributed by atoms with Crippen LogP contribution in [0.1, 0.15) is 12.2 Å². The Morgan fingerprint density at radius 3 is 2.54 bits per heavy atom. The Kier molecular flexibility index (Phi) is 4.96. The molecule has 0 bridgehead atoms. The molecule has 3 rings (SSSR count). The number of rotatable bonds is 6. The van der Waals surface area contributed by atoms with Gasteiger partial charge in [0.15, 0.2) is 0 Å². The van der Waals surface area contributed by atoms with E-state index in [0.29, 0.717) is 24.3 Å². The van der Waals surface area contributed by atoms with E-state index in [1.165, 1.54) is 0 Å². The number of ether oxygens (including phenoxy) is 1. The van der Waals surface area contributed by atoms with E-state index in [4.69, 9.17) is 9.15 Å². The van der Waals surface area contributed by atoms with Gasteiger partial charge in [-0.1, -0.05) is 42.5 Å². The monoisotopic (exact) mass is 321 g/mol. The number of benzene rings is 2. The molecule has 3 aromatic rings. The second kappa shape index (κ2) is 7.51. The van der Waals surface area contributed by atoms with Crippen LogP contribution in [0.5, 0.6) is 5.75 Å². The molecule has 122 valence electrons. The van der Waals surface area contributed by atoms with Gasteiger partial charge in [0.05, 0.1) is 12.8 Å². The molecule has 1 amide bonds. The van der Waals surface area contributed by atoms with Gasteiger partial charge in [-0.2, -0.15) is 0 Å². The van der Waals surface area contributed by atoms with Crippen molar-refractivity contribution in [1.29, 1.82) is 0 Å². The van der Waals surface area contributed by atoms with Crippen molar-refractivity contribution in [2.75, 3.05) is 12.4 Å². The number of aryl methyl sites for hydroxylation is 1. The van der Waals surface area contributed by atoms with E-state index in [2.05, 4.69) is 5.32 Å². The molecule has 1 heterocycles. The zero-order valence-electron chi connectivity index (χ0n) is 13.5. The van der Waals surface area contributed by atoms with E-state index in [-0.39, 0.29) is 5.91 Å². The molecular weight excluding hydrogens is 302 g/mol. The number of methoxy groups -OCH3 is 1. The maximum Gasteiger partial charge on any atom is 0.224 e. The molecule has 0 aliphatic rings. The van der Waals surface area contributed by atoms with Crippen molar-refractivity contribution in [2.24, 2.45) is 0 Å². The van der Waals surface area contributed by atoms with Crippen LogP contribution in [0.2, 0.25) is 0 Å². The number of hydrogen-bond acceptors (Lipinski definition) is 3. The lowest BCUT2D eigenvalue weighted by Crippen LogP contribution is -2.12. The van der Waals surface area contributed by atoms with Crippen LogP contribution in [-0.4, -0.2) is 13.0 Å². The minimum absolute atomic E-state index is 0.0721. The molecule has 4 nitrogen and oxygen atoms in total. The zero-order chi connectivity index (χ0) is 16.8. The Hall–Kier alpha value is -3.01. The standard InChI is InChI=1S/C20H19NO3/c1-23-19-10-6-5-9-17(19)21-20(22)14-12-16-11-13-18(24-16)15-7-3-2-4-8-15/h2-11,13H,12,14H2,1H3,(H,21,22). The summed E-state index contributed by atoms with van der Waals surface area (Å²) in [5.74, 6) is 2.19. The Morgan fingerprint density at radius 2 is 1.75 bits per heavy atom. The number of nitrogens with one attached hydrogen (secondary N) is 1. The summed E-state index contributed by atoms with van der Waals surface area (Å²) < 4.78 is 11.0. The highest BCUT2D eigenvalue weighted by Gasteiger charge is 2.09. The Labute approximate surface area is 141 Å². The lowest BCUT2D eigenvalue weighted by Gasteiger charge is -2.09. The van der Waals surface area contributed by atoms with Gasteiger partial charge in [-0.3, -0.25) is 4.79 Å². The average Bonchev–Trinajstić information content (AvgIpc) is 3.10. The van der Waals surface area contributed by atoms with Crippen LogP contribution >= 0.6 is 0 Å². The predicted molar refractivity (Wildman–Crippen MR) is 94.1 cm³/mol. The summed E-state index contributed by atoms with van der Waals surface area (Å²) in [6, 6.07) is 21.1. The summed E-state index contributed by atoms with van der Waals surface area (Å²) in [5.41, 5.74) is 1.71. The first-order valence-electron chi connectivity index (χ1n) is 7.83. The van der Waals surface area contributed by atoms with Gasteiger partial charge >= 0.3 is 0 Å². The molecule has 2 aromatic carbocycles. The molecule has 1 N–H and O–H groups in total. The highest BCUT2D eigenvalue weighted by Crippen LogP contribution is 2.24. The Balaban J connectivity index is 1.58. The third kappa shape index (κ3) is 3.84. The highest BCUT2D eigenvalue weighted by atomic mass is 16.5. The third-order valence-electron chi connectivity index (χ3n) is 3.70. The van der Waals surface area contributed by atoms with Gasteiger partial charge in [-0.15, -0.1) is 0 Å². The van der Waals surface area contributed by atoms with E-state index in [1.54, 1.807) is 7.11 Å². The number of amides is 1. The van der Waals surface area contributed by atoms with Gasteiger partial charge < -0.3 is 14.5 Å². The molecule has 1 aromatic heterocycles. The molecule has 0 atom stereocenters. The minimum atomic E-state index is -0.0721. The summed E-state index contributed by atoms with van der Waals surface area (Å²) in [6.07, 6.45) is 0.896. The number of hydrogen-bond donors (Lipinski definition) is 1. The van der Waals surface area contributed by atoms with Crippen LogP contribution in [-0.2, 0) is 11.2 Å². The van der Waals surface area contributed by atoms with Crippen molar-refractivity contribution in [3.8, 4) is 17.1 Å². The number of para-hydroxylation sites is 2. The van der Waals surface area contributed by atoms with E-state index in [1.807, 2.05) is 66.7 Å². The fourth-order valence-corrected chi connectivity index (χ4v) is 2.47. The van der Waals surface area contributed by atoms with Crippen molar-refractivity contribution in [3.63, 3.8) is 0 Å². The van der Waals surface area contributed by atoms with E-state index >= 15 is 0 Å². The third-order valence-corrected chi connectivity index (χ3v) is 3.70. The Bertz CT molecular complexity index is 809. The molecule has 0 fully saturated rings. The van der Waals surface area contributed by atoms with E-state index < -0.39 is 0 Å². The summed E-state index contributed by atoms with van der Waals surface area (Å²) in [5, 5.41) is 2.86. The maximum atomic E-state index is 12.1. The lowest BCUT2D eigenvalue weighted by molar-refractivity contribution is -0.116. The predicted octanol–water partition coefficient (Wildman–Crippen LogP) is 4.53. The van der Waals surface area contributed by atoms with Crippen molar-refractivity contribution >= 4 is 11.6 Å². The van der Waals surface area contributed by atoms with Crippen LogP contribution < -0.4 is 10.1 Å². The molecular formula is C20H19NO3. The molecule has 0 saturated heterocycles. The smallest absolute Gasteiger partial charge is 0.224 e. The molecule has 0 unspecified atom stereocenters. The average molecular weight is 321 g/mol. The second-order valence-electron chi connectivity index (χ2n) is 5.38. The highest BCUT2D eigenvalue weighted by molar-refractivity contribution is 5.92. The van der Waals surface area contributed by atoms with Gasteiger partial charge in [0.2, 0.25) is 5.91 Å². The fourth-order valence-electron chi connectivity index (χ4n) is 2.47. The van der Waals surface area contributed by atoms with Crippen LogP contribution in [0.4, 0.5) is 5.69 Å². The van der Waals surface area contributed by atoms with Gasteiger partial charge in [-0.25, -0.2) is 0 Å². The number of furan rings is 1. The first-order chi connectivity index (χ1) is 11.8. The molecule has 0 aliphatic carbocycles. The Morgan fingerprint density at radius 1 is 1.00 bits per heavy atom. The molecule has 24 heavy (non-hydrogen) atoms. The van der Waals surface area contributed by atoms with Gasteiger partial charge in [0.1, 0.15) is 17.3 Å². The topological polar surface area (TPSA) is 51.5 Å². The zero-order valence-corrected chi connectivity index (χ0v) is 13.5. The van der Waals surface area contributed by atoms with Gasteiger partial charge in [0, 0.05) is 18.4 Å². The SMILES string of the molecule is COc1ccccc1NC(=O)CCc1ccc(-c2ccccc2)o1.